The largest absolute Gasteiger partial charge is 0.457 e. The van der Waals surface area contributed by atoms with E-state index in [1.165, 1.54) is 23.9 Å². The lowest BCUT2D eigenvalue weighted by molar-refractivity contribution is -0.228. The predicted octanol–water partition coefficient (Wildman–Crippen LogP) is 4.16. The minimum Gasteiger partial charge on any atom is -0.457 e. The van der Waals surface area contributed by atoms with E-state index in [4.69, 9.17) is 9.47 Å². The number of allylic oxidation sites excluding steroid dienone is 4. The molecule has 0 amide bonds. The predicted molar refractivity (Wildman–Crippen MR) is 141 cm³/mol. The van der Waals surface area contributed by atoms with E-state index < -0.39 is 64.4 Å². The standard InChI is InChI=1S/C29H39FO7S/c1-6-24(34)37-29(23(33)15-36-25(35)16-38-7-2)17(3)12-21-20-9-8-18-13-19(31)10-11-26(18,4)28(20,30)22(32)14-27(21,29)5/h10-11,13,17,20-22,32H,6-9,12,14-16H2,1-5H3/t17-,20-,21-,22-,26-,27-,28-,29-/m0/s1. The number of carbonyl (C=O) groups excluding carboxylic acids is 4. The van der Waals surface area contributed by atoms with Gasteiger partial charge in [-0.15, -0.1) is 0 Å². The van der Waals surface area contributed by atoms with Crippen LogP contribution in [0.4, 0.5) is 4.39 Å². The van der Waals surface area contributed by atoms with Crippen molar-refractivity contribution in [2.45, 2.75) is 84.1 Å². The maximum absolute atomic E-state index is 17.4. The zero-order chi connectivity index (χ0) is 28.1. The molecule has 7 nitrogen and oxygen atoms in total. The molecule has 0 bridgehead atoms. The zero-order valence-electron chi connectivity index (χ0n) is 22.9. The molecule has 3 fully saturated rings. The Hall–Kier alpha value is -2.00. The first kappa shape index (κ1) is 29.0. The van der Waals surface area contributed by atoms with Crippen molar-refractivity contribution in [1.29, 1.82) is 0 Å². The fraction of sp³-hybridized carbons (Fsp3) is 0.724. The summed E-state index contributed by atoms with van der Waals surface area (Å²) in [7, 11) is 0. The maximum atomic E-state index is 17.4. The van der Waals surface area contributed by atoms with Crippen LogP contribution in [0.15, 0.2) is 23.8 Å². The van der Waals surface area contributed by atoms with Crippen molar-refractivity contribution in [3.8, 4) is 0 Å². The van der Waals surface area contributed by atoms with Gasteiger partial charge in [-0.1, -0.05) is 39.3 Å². The quantitative estimate of drug-likeness (QED) is 0.449. The van der Waals surface area contributed by atoms with Crippen molar-refractivity contribution in [1.82, 2.24) is 0 Å². The SMILES string of the molecule is CCSCC(=O)OCC(=O)[C@@]1(OC(=O)CC)[C@@H](C)C[C@H]2[C@@H]3CCC4=CC(=O)C=C[C@]4(C)[C@@]3(F)[C@@H](O)C[C@@]21C. The Balaban J connectivity index is 1.74. The van der Waals surface area contributed by atoms with Crippen molar-refractivity contribution in [3.63, 3.8) is 0 Å². The first-order valence-electron chi connectivity index (χ1n) is 13.6. The van der Waals surface area contributed by atoms with Crippen LogP contribution in [-0.2, 0) is 28.7 Å². The van der Waals surface area contributed by atoms with Gasteiger partial charge in [0.05, 0.1) is 11.9 Å². The third kappa shape index (κ3) is 4.02. The molecule has 3 saturated carbocycles. The van der Waals surface area contributed by atoms with Crippen LogP contribution < -0.4 is 0 Å². The van der Waals surface area contributed by atoms with Crippen molar-refractivity contribution in [2.24, 2.45) is 28.6 Å². The van der Waals surface area contributed by atoms with Gasteiger partial charge in [0.1, 0.15) is 0 Å². The molecule has 0 unspecified atom stereocenters. The van der Waals surface area contributed by atoms with E-state index in [9.17, 15) is 24.3 Å². The average molecular weight is 551 g/mol. The summed E-state index contributed by atoms with van der Waals surface area (Å²) in [6, 6.07) is 0. The monoisotopic (exact) mass is 550 g/mol. The second kappa shape index (κ2) is 10.2. The van der Waals surface area contributed by atoms with Crippen LogP contribution in [0.2, 0.25) is 0 Å². The van der Waals surface area contributed by atoms with Gasteiger partial charge in [-0.25, -0.2) is 4.39 Å². The van der Waals surface area contributed by atoms with Crippen LogP contribution in [0.1, 0.15) is 66.7 Å². The van der Waals surface area contributed by atoms with Gasteiger partial charge in [0.2, 0.25) is 5.78 Å². The summed E-state index contributed by atoms with van der Waals surface area (Å²) in [5.74, 6) is -2.47. The number of aliphatic hydroxyl groups is 1. The number of hydrogen-bond acceptors (Lipinski definition) is 8. The highest BCUT2D eigenvalue weighted by atomic mass is 32.2. The van der Waals surface area contributed by atoms with Gasteiger partial charge in [0, 0.05) is 29.1 Å². The number of aliphatic hydroxyl groups excluding tert-OH is 1. The summed E-state index contributed by atoms with van der Waals surface area (Å²) >= 11 is 1.38. The number of fused-ring (bicyclic) bond motifs is 5. The molecule has 8 atom stereocenters. The summed E-state index contributed by atoms with van der Waals surface area (Å²) in [6.07, 6.45) is 4.22. The molecule has 0 spiro atoms. The number of alkyl halides is 1. The summed E-state index contributed by atoms with van der Waals surface area (Å²) in [5, 5.41) is 11.6. The Morgan fingerprint density at radius 1 is 1.18 bits per heavy atom. The number of ketones is 2. The summed E-state index contributed by atoms with van der Waals surface area (Å²) in [4.78, 5) is 51.0. The molecule has 0 aromatic carbocycles. The van der Waals surface area contributed by atoms with E-state index in [2.05, 4.69) is 0 Å². The highest BCUT2D eigenvalue weighted by molar-refractivity contribution is 7.99. The van der Waals surface area contributed by atoms with Crippen LogP contribution in [0.3, 0.4) is 0 Å². The minimum absolute atomic E-state index is 0.0412. The third-order valence-corrected chi connectivity index (χ3v) is 10.8. The Labute approximate surface area is 228 Å². The van der Waals surface area contributed by atoms with E-state index >= 15 is 4.39 Å². The molecule has 0 saturated heterocycles. The zero-order valence-corrected chi connectivity index (χ0v) is 23.7. The Kier molecular flexibility index (Phi) is 7.78. The van der Waals surface area contributed by atoms with Gasteiger partial charge in [-0.2, -0.15) is 11.8 Å². The van der Waals surface area contributed by atoms with E-state index in [0.29, 0.717) is 24.8 Å². The summed E-state index contributed by atoms with van der Waals surface area (Å²) in [5.41, 5.74) is -5.29. The van der Waals surface area contributed by atoms with Crippen LogP contribution in [0, 0.1) is 28.6 Å². The van der Waals surface area contributed by atoms with E-state index in [1.807, 2.05) is 20.8 Å². The molecule has 4 aliphatic carbocycles. The van der Waals surface area contributed by atoms with Gasteiger partial charge in [0.25, 0.3) is 0 Å². The van der Waals surface area contributed by atoms with Crippen LogP contribution >= 0.6 is 11.8 Å². The normalized spacial score (nSPS) is 41.4. The lowest BCUT2D eigenvalue weighted by Crippen LogP contribution is -2.70. The highest BCUT2D eigenvalue weighted by Gasteiger charge is 2.77. The summed E-state index contributed by atoms with van der Waals surface area (Å²) < 4.78 is 28.8. The molecule has 0 aromatic heterocycles. The molecule has 4 aliphatic rings. The molecule has 1 N–H and O–H groups in total. The number of hydrogen-bond donors (Lipinski definition) is 1. The van der Waals surface area contributed by atoms with Gasteiger partial charge in [-0.05, 0) is 56.4 Å². The number of esters is 2. The number of rotatable bonds is 8. The molecule has 210 valence electrons. The van der Waals surface area contributed by atoms with Crippen molar-refractivity contribution in [3.05, 3.63) is 23.8 Å². The van der Waals surface area contributed by atoms with Gasteiger partial charge >= 0.3 is 11.9 Å². The fourth-order valence-electron chi connectivity index (χ4n) is 8.13. The molecule has 38 heavy (non-hydrogen) atoms. The van der Waals surface area contributed by atoms with Crippen LogP contribution in [0.5, 0.6) is 0 Å². The molecule has 4 rings (SSSR count). The highest BCUT2D eigenvalue weighted by Crippen LogP contribution is 2.71. The average Bonchev–Trinajstić information content (AvgIpc) is 3.09. The number of halogens is 1. The smallest absolute Gasteiger partial charge is 0.316 e. The lowest BCUT2D eigenvalue weighted by atomic mass is 9.44. The van der Waals surface area contributed by atoms with Crippen molar-refractivity contribution < 1.29 is 38.1 Å². The number of carbonyl (C=O) groups is 4. The molecule has 9 heteroatoms. The Morgan fingerprint density at radius 2 is 1.89 bits per heavy atom. The fourth-order valence-corrected chi connectivity index (χ4v) is 8.58. The first-order chi connectivity index (χ1) is 17.8. The topological polar surface area (TPSA) is 107 Å². The molecular weight excluding hydrogens is 511 g/mol. The van der Waals surface area contributed by atoms with E-state index in [0.717, 1.165) is 5.75 Å². The second-order valence-electron chi connectivity index (χ2n) is 11.7. The van der Waals surface area contributed by atoms with Gasteiger partial charge in [-0.3, -0.25) is 19.2 Å². The Bertz CT molecular complexity index is 1090. The number of ether oxygens (including phenoxy) is 2. The maximum Gasteiger partial charge on any atom is 0.316 e. The van der Waals surface area contributed by atoms with Gasteiger partial charge < -0.3 is 14.6 Å². The lowest BCUT2D eigenvalue weighted by Gasteiger charge is -2.62. The Morgan fingerprint density at radius 3 is 2.55 bits per heavy atom. The molecule has 0 heterocycles. The second-order valence-corrected chi connectivity index (χ2v) is 13.0. The van der Waals surface area contributed by atoms with Crippen molar-refractivity contribution >= 4 is 35.3 Å². The van der Waals surface area contributed by atoms with Crippen LogP contribution in [0.25, 0.3) is 0 Å². The molecule has 0 radical (unpaired) electrons. The number of Topliss-reactive ketones (excluding diaryl/α,β-unsaturated/α-hetero) is 1. The number of thioether (sulfide) groups is 1. The molecule has 0 aliphatic heterocycles. The summed E-state index contributed by atoms with van der Waals surface area (Å²) in [6.45, 7) is 8.37. The molecule has 0 aromatic rings. The third-order valence-electron chi connectivity index (χ3n) is 9.95. The van der Waals surface area contributed by atoms with E-state index in [-0.39, 0.29) is 30.3 Å². The minimum atomic E-state index is -2.06. The van der Waals surface area contributed by atoms with Crippen molar-refractivity contribution in [2.75, 3.05) is 18.1 Å². The first-order valence-corrected chi connectivity index (χ1v) is 14.8. The van der Waals surface area contributed by atoms with Gasteiger partial charge in [0.15, 0.2) is 23.7 Å². The molecular formula is C29H39FO7S. The van der Waals surface area contributed by atoms with Crippen LogP contribution in [-0.4, -0.2) is 64.1 Å². The van der Waals surface area contributed by atoms with E-state index in [1.54, 1.807) is 19.9 Å².